The zero-order valence-corrected chi connectivity index (χ0v) is 33.4. The number of anilines is 2. The predicted octanol–water partition coefficient (Wildman–Crippen LogP) is 13.2. The Bertz CT molecular complexity index is 3670. The summed E-state index contributed by atoms with van der Waals surface area (Å²) in [6.07, 6.45) is 0. The highest BCUT2D eigenvalue weighted by molar-refractivity contribution is 6.73. The topological polar surface area (TPSA) is 43.2 Å². The normalized spacial score (nSPS) is 12.3. The largest absolute Gasteiger partial charge is 0.456 e. The third-order valence-electron chi connectivity index (χ3n) is 13.0. The molecule has 286 valence electrons. The van der Waals surface area contributed by atoms with Crippen molar-refractivity contribution in [2.45, 2.75) is 12.8 Å². The molecule has 0 aliphatic carbocycles. The molecule has 4 heterocycles. The number of hydrogen-bond acceptors (Lipinski definition) is 3. The van der Waals surface area contributed by atoms with Gasteiger partial charge in [-0.1, -0.05) is 138 Å². The van der Waals surface area contributed by atoms with Crippen LogP contribution in [0.4, 0.5) is 11.4 Å². The van der Waals surface area contributed by atoms with Crippen LogP contribution in [0, 0.1) is 6.92 Å². The average molecular weight is 781 g/mol. The average Bonchev–Trinajstić information content (AvgIpc) is 3.97. The number of nitrogens with one attached hydrogen (secondary N) is 1. The molecule has 0 radical (unpaired) electrons. The van der Waals surface area contributed by atoms with E-state index in [4.69, 9.17) is 8.83 Å². The van der Waals surface area contributed by atoms with Gasteiger partial charge in [-0.15, -0.1) is 0 Å². The molecule has 4 nitrogen and oxygen atoms in total. The fraction of sp³-hybridized carbons (Fsp3) is 0.0357. The molecule has 0 fully saturated rings. The maximum Gasteiger partial charge on any atom is 0.198 e. The molecule has 0 saturated heterocycles. The SMILES string of the molecule is Cc1ccc(Nc2cc3c(cc2-c2cc(C(c4ccccc4)c4ccccc4)c4c5ccccc5n5c4c2Bc2cc4oc6ccccc6c4cc2-5)oc2ccccc23)cc1. The van der Waals surface area contributed by atoms with Gasteiger partial charge in [0.25, 0.3) is 0 Å². The maximum absolute atomic E-state index is 6.69. The second kappa shape index (κ2) is 13.1. The summed E-state index contributed by atoms with van der Waals surface area (Å²) in [5.41, 5.74) is 19.0. The van der Waals surface area contributed by atoms with Gasteiger partial charge in [-0.05, 0) is 95.3 Å². The van der Waals surface area contributed by atoms with Crippen LogP contribution in [0.3, 0.4) is 0 Å². The Morgan fingerprint density at radius 2 is 1.10 bits per heavy atom. The molecule has 3 aromatic heterocycles. The minimum absolute atomic E-state index is 0.0420. The van der Waals surface area contributed by atoms with Crippen molar-refractivity contribution in [2.24, 2.45) is 0 Å². The molecule has 5 heteroatoms. The van der Waals surface area contributed by atoms with Gasteiger partial charge in [0.1, 0.15) is 22.3 Å². The van der Waals surface area contributed by atoms with E-state index in [0.29, 0.717) is 0 Å². The van der Waals surface area contributed by atoms with Crippen molar-refractivity contribution in [1.82, 2.24) is 4.57 Å². The third-order valence-corrected chi connectivity index (χ3v) is 13.0. The lowest BCUT2D eigenvalue weighted by atomic mass is 9.58. The molecule has 0 unspecified atom stereocenters. The molecule has 0 bridgehead atoms. The van der Waals surface area contributed by atoms with Crippen molar-refractivity contribution in [3.63, 3.8) is 0 Å². The number of furan rings is 2. The van der Waals surface area contributed by atoms with Gasteiger partial charge in [-0.25, -0.2) is 0 Å². The van der Waals surface area contributed by atoms with Gasteiger partial charge in [0.15, 0.2) is 7.28 Å². The summed E-state index contributed by atoms with van der Waals surface area (Å²) in [5, 5.41) is 10.9. The third kappa shape index (κ3) is 5.20. The number of aryl methyl sites for hydroxylation is 1. The lowest BCUT2D eigenvalue weighted by Crippen LogP contribution is -2.37. The van der Waals surface area contributed by atoms with Gasteiger partial charge >= 0.3 is 0 Å². The maximum atomic E-state index is 6.69. The van der Waals surface area contributed by atoms with Crippen molar-refractivity contribution < 1.29 is 8.83 Å². The number of para-hydroxylation sites is 3. The number of rotatable bonds is 6. The molecule has 0 spiro atoms. The van der Waals surface area contributed by atoms with Gasteiger partial charge in [0.2, 0.25) is 0 Å². The first-order valence-electron chi connectivity index (χ1n) is 21.1. The van der Waals surface area contributed by atoms with Gasteiger partial charge in [-0.3, -0.25) is 0 Å². The van der Waals surface area contributed by atoms with Crippen LogP contribution in [-0.4, -0.2) is 11.8 Å². The molecular formula is C56H37BN2O2. The minimum atomic E-state index is -0.0420. The van der Waals surface area contributed by atoms with Crippen molar-refractivity contribution >= 4 is 95.3 Å². The molecule has 1 aliphatic rings. The number of benzene rings is 9. The van der Waals surface area contributed by atoms with E-state index in [1.807, 2.05) is 12.1 Å². The fourth-order valence-electron chi connectivity index (χ4n) is 10.2. The first-order chi connectivity index (χ1) is 30.1. The molecule has 1 aliphatic heterocycles. The number of nitrogens with zero attached hydrogens (tertiary/aromatic N) is 1. The van der Waals surface area contributed by atoms with Crippen LogP contribution < -0.4 is 16.2 Å². The van der Waals surface area contributed by atoms with Crippen molar-refractivity contribution in [3.05, 3.63) is 210 Å². The Labute approximate surface area is 352 Å². The van der Waals surface area contributed by atoms with Gasteiger partial charge in [0, 0.05) is 66.4 Å². The number of aromatic nitrogens is 1. The quantitative estimate of drug-likeness (QED) is 0.135. The van der Waals surface area contributed by atoms with Crippen LogP contribution in [-0.2, 0) is 0 Å². The predicted molar refractivity (Wildman–Crippen MR) is 255 cm³/mol. The van der Waals surface area contributed by atoms with Crippen LogP contribution in [0.1, 0.15) is 28.2 Å². The summed E-state index contributed by atoms with van der Waals surface area (Å²) in [6, 6.07) is 68.1. The first kappa shape index (κ1) is 34.1. The lowest BCUT2D eigenvalue weighted by molar-refractivity contribution is 0.669. The number of hydrogen-bond donors (Lipinski definition) is 1. The second-order valence-corrected chi connectivity index (χ2v) is 16.6. The van der Waals surface area contributed by atoms with E-state index in [9.17, 15) is 0 Å². The molecule has 1 N–H and O–H groups in total. The van der Waals surface area contributed by atoms with E-state index in [2.05, 4.69) is 193 Å². The van der Waals surface area contributed by atoms with E-state index in [1.165, 1.54) is 66.2 Å². The van der Waals surface area contributed by atoms with Crippen LogP contribution in [0.15, 0.2) is 197 Å². The zero-order valence-electron chi connectivity index (χ0n) is 33.4. The second-order valence-electron chi connectivity index (χ2n) is 16.6. The van der Waals surface area contributed by atoms with Gasteiger partial charge in [-0.2, -0.15) is 0 Å². The van der Waals surface area contributed by atoms with Crippen LogP contribution in [0.2, 0.25) is 0 Å². The molecule has 0 amide bonds. The highest BCUT2D eigenvalue weighted by Crippen LogP contribution is 2.46. The monoisotopic (exact) mass is 780 g/mol. The lowest BCUT2D eigenvalue weighted by Gasteiger charge is -2.27. The smallest absolute Gasteiger partial charge is 0.198 e. The molecule has 9 aromatic carbocycles. The molecule has 0 atom stereocenters. The van der Waals surface area contributed by atoms with Crippen LogP contribution >= 0.6 is 0 Å². The van der Waals surface area contributed by atoms with Crippen LogP contribution in [0.25, 0.3) is 82.5 Å². The number of fused-ring (bicyclic) bond motifs is 11. The molecule has 0 saturated carbocycles. The highest BCUT2D eigenvalue weighted by Gasteiger charge is 2.32. The van der Waals surface area contributed by atoms with Crippen molar-refractivity contribution in [1.29, 1.82) is 0 Å². The summed E-state index contributed by atoms with van der Waals surface area (Å²) in [5.74, 6) is -0.0420. The Morgan fingerprint density at radius 1 is 0.508 bits per heavy atom. The van der Waals surface area contributed by atoms with E-state index < -0.39 is 0 Å². The Balaban J connectivity index is 1.19. The molecule has 13 rings (SSSR count). The fourth-order valence-corrected chi connectivity index (χ4v) is 10.2. The van der Waals surface area contributed by atoms with Crippen molar-refractivity contribution in [2.75, 3.05) is 5.32 Å². The van der Waals surface area contributed by atoms with Crippen LogP contribution in [0.5, 0.6) is 0 Å². The summed E-state index contributed by atoms with van der Waals surface area (Å²) >= 11 is 0. The standard InChI is InChI=1S/C56H37BN2O2/c1-33-24-26-36(27-25-33)58-46-29-41-37-18-9-12-22-49(37)60-51(41)31-40(46)43-28-44(53(34-14-4-2-5-15-34)35-16-6-3-7-17-35)54-39-20-8-11-21-47(39)59-48-30-42-38-19-10-13-23-50(38)61-52(42)32-45(48)57-55(43)56(54)59/h2-32,53,57-58H,1H3. The summed E-state index contributed by atoms with van der Waals surface area (Å²) < 4.78 is 15.8. The van der Waals surface area contributed by atoms with Gasteiger partial charge in [0.05, 0.1) is 5.52 Å². The summed E-state index contributed by atoms with van der Waals surface area (Å²) in [4.78, 5) is 0. The molecular weight excluding hydrogens is 743 g/mol. The van der Waals surface area contributed by atoms with Crippen molar-refractivity contribution in [3.8, 4) is 16.8 Å². The Kier molecular flexibility index (Phi) is 7.35. The Hall–Kier alpha value is -7.76. The molecule has 12 aromatic rings. The Morgan fingerprint density at radius 3 is 1.79 bits per heavy atom. The minimum Gasteiger partial charge on any atom is -0.456 e. The van der Waals surface area contributed by atoms with Gasteiger partial charge < -0.3 is 18.7 Å². The molecule has 61 heavy (non-hydrogen) atoms. The zero-order chi connectivity index (χ0) is 40.2. The highest BCUT2D eigenvalue weighted by atomic mass is 16.3. The van der Waals surface area contributed by atoms with E-state index in [1.54, 1.807) is 0 Å². The summed E-state index contributed by atoms with van der Waals surface area (Å²) in [7, 11) is 0.730. The summed E-state index contributed by atoms with van der Waals surface area (Å²) in [6.45, 7) is 2.13. The van der Waals surface area contributed by atoms with E-state index in [0.717, 1.165) is 68.1 Å². The van der Waals surface area contributed by atoms with E-state index in [-0.39, 0.29) is 5.92 Å². The van der Waals surface area contributed by atoms with E-state index >= 15 is 0 Å². The first-order valence-corrected chi connectivity index (χ1v) is 21.1.